The molecule has 0 atom stereocenters. The van der Waals surface area contributed by atoms with Gasteiger partial charge in [-0.1, -0.05) is 60.2 Å². The molecule has 34 heavy (non-hydrogen) atoms. The lowest BCUT2D eigenvalue weighted by Gasteiger charge is -2.17. The molecular formula is C30H32O4. The Morgan fingerprint density at radius 2 is 1.65 bits per heavy atom. The second kappa shape index (κ2) is 11.0. The van der Waals surface area contributed by atoms with Crippen LogP contribution >= 0.6 is 0 Å². The van der Waals surface area contributed by atoms with Crippen LogP contribution in [0.4, 0.5) is 0 Å². The van der Waals surface area contributed by atoms with Crippen LogP contribution in [-0.2, 0) is 27.2 Å². The third-order valence-corrected chi connectivity index (χ3v) is 5.02. The number of carbonyl (C=O) groups is 2. The SMILES string of the molecule is CC(C)=CCc1cc(/C=C/C(=O)OC(C)(C)C)ccc1OC(=O)Cc1ccc2ccccc2c1. The summed E-state index contributed by atoms with van der Waals surface area (Å²) < 4.78 is 11.1. The molecule has 0 unspecified atom stereocenters. The highest BCUT2D eigenvalue weighted by molar-refractivity contribution is 5.87. The second-order valence-electron chi connectivity index (χ2n) is 9.55. The quantitative estimate of drug-likeness (QED) is 0.169. The van der Waals surface area contributed by atoms with Crippen molar-refractivity contribution in [2.75, 3.05) is 0 Å². The summed E-state index contributed by atoms with van der Waals surface area (Å²) in [5, 5.41) is 2.23. The van der Waals surface area contributed by atoms with Gasteiger partial charge in [0.15, 0.2) is 0 Å². The van der Waals surface area contributed by atoms with Crippen molar-refractivity contribution in [3.63, 3.8) is 0 Å². The van der Waals surface area contributed by atoms with Crippen molar-refractivity contribution in [2.45, 2.75) is 53.1 Å². The fourth-order valence-electron chi connectivity index (χ4n) is 3.45. The Morgan fingerprint density at radius 1 is 0.912 bits per heavy atom. The minimum atomic E-state index is -0.543. The smallest absolute Gasteiger partial charge is 0.331 e. The van der Waals surface area contributed by atoms with Gasteiger partial charge in [0.05, 0.1) is 6.42 Å². The normalized spacial score (nSPS) is 11.4. The zero-order chi connectivity index (χ0) is 24.7. The number of hydrogen-bond acceptors (Lipinski definition) is 4. The zero-order valence-electron chi connectivity index (χ0n) is 20.6. The van der Waals surface area contributed by atoms with Crippen molar-refractivity contribution >= 4 is 28.8 Å². The molecule has 4 heteroatoms. The summed E-state index contributed by atoms with van der Waals surface area (Å²) >= 11 is 0. The molecule has 0 heterocycles. The maximum Gasteiger partial charge on any atom is 0.331 e. The Morgan fingerprint density at radius 3 is 2.35 bits per heavy atom. The van der Waals surface area contributed by atoms with Crippen molar-refractivity contribution in [2.24, 2.45) is 0 Å². The van der Waals surface area contributed by atoms with Gasteiger partial charge in [-0.15, -0.1) is 0 Å². The number of esters is 2. The predicted molar refractivity (Wildman–Crippen MR) is 138 cm³/mol. The molecule has 0 aliphatic carbocycles. The lowest BCUT2D eigenvalue weighted by Crippen LogP contribution is -2.22. The minimum absolute atomic E-state index is 0.188. The summed E-state index contributed by atoms with van der Waals surface area (Å²) in [6.07, 6.45) is 6.01. The van der Waals surface area contributed by atoms with E-state index in [1.165, 1.54) is 11.6 Å². The van der Waals surface area contributed by atoms with Crippen LogP contribution in [0.15, 0.2) is 78.4 Å². The van der Waals surface area contributed by atoms with Crippen molar-refractivity contribution in [3.05, 3.63) is 95.1 Å². The average Bonchev–Trinajstić information content (AvgIpc) is 2.76. The highest BCUT2D eigenvalue weighted by atomic mass is 16.6. The zero-order valence-corrected chi connectivity index (χ0v) is 20.6. The number of ether oxygens (including phenoxy) is 2. The summed E-state index contributed by atoms with van der Waals surface area (Å²) in [5.41, 5.74) is 3.24. The van der Waals surface area contributed by atoms with Crippen LogP contribution in [0.1, 0.15) is 51.3 Å². The lowest BCUT2D eigenvalue weighted by molar-refractivity contribution is -0.148. The molecule has 0 radical (unpaired) electrons. The van der Waals surface area contributed by atoms with Gasteiger partial charge in [0.1, 0.15) is 11.4 Å². The van der Waals surface area contributed by atoms with Crippen LogP contribution in [0.25, 0.3) is 16.8 Å². The summed E-state index contributed by atoms with van der Waals surface area (Å²) in [4.78, 5) is 24.7. The molecule has 3 aromatic rings. The van der Waals surface area contributed by atoms with E-state index in [0.717, 1.165) is 27.5 Å². The van der Waals surface area contributed by atoms with E-state index < -0.39 is 11.6 Å². The average molecular weight is 457 g/mol. The second-order valence-corrected chi connectivity index (χ2v) is 9.55. The fraction of sp³-hybridized carbons (Fsp3) is 0.267. The predicted octanol–water partition coefficient (Wildman–Crippen LogP) is 6.85. The van der Waals surface area contributed by atoms with E-state index in [0.29, 0.717) is 12.2 Å². The summed E-state index contributed by atoms with van der Waals surface area (Å²) in [6.45, 7) is 9.54. The molecule has 0 saturated heterocycles. The number of benzene rings is 3. The van der Waals surface area contributed by atoms with Crippen molar-refractivity contribution in [1.29, 1.82) is 0 Å². The van der Waals surface area contributed by atoms with E-state index in [1.807, 2.05) is 89.2 Å². The van der Waals surface area contributed by atoms with Gasteiger partial charge in [0.25, 0.3) is 0 Å². The first kappa shape index (κ1) is 25.0. The third-order valence-electron chi connectivity index (χ3n) is 5.02. The molecule has 0 saturated carbocycles. The number of fused-ring (bicyclic) bond motifs is 1. The van der Waals surface area contributed by atoms with E-state index >= 15 is 0 Å². The maximum absolute atomic E-state index is 12.7. The number of allylic oxidation sites excluding steroid dienone is 2. The highest BCUT2D eigenvalue weighted by Crippen LogP contribution is 2.24. The van der Waals surface area contributed by atoms with Crippen LogP contribution < -0.4 is 4.74 Å². The Labute approximate surface area is 201 Å². The van der Waals surface area contributed by atoms with Gasteiger partial charge in [-0.2, -0.15) is 0 Å². The van der Waals surface area contributed by atoms with Crippen LogP contribution in [0.5, 0.6) is 5.75 Å². The first-order valence-corrected chi connectivity index (χ1v) is 11.4. The van der Waals surface area contributed by atoms with Gasteiger partial charge in [0, 0.05) is 6.08 Å². The molecule has 0 spiro atoms. The Kier molecular flexibility index (Phi) is 8.06. The number of rotatable bonds is 7. The van der Waals surface area contributed by atoms with Gasteiger partial charge in [0.2, 0.25) is 0 Å². The maximum atomic E-state index is 12.7. The van der Waals surface area contributed by atoms with E-state index in [9.17, 15) is 9.59 Å². The van der Waals surface area contributed by atoms with Gasteiger partial charge < -0.3 is 9.47 Å². The molecule has 0 bridgehead atoms. The minimum Gasteiger partial charge on any atom is -0.457 e. The lowest BCUT2D eigenvalue weighted by atomic mass is 10.0. The largest absolute Gasteiger partial charge is 0.457 e. The molecule has 0 aromatic heterocycles. The van der Waals surface area contributed by atoms with E-state index in [1.54, 1.807) is 12.1 Å². The fourth-order valence-corrected chi connectivity index (χ4v) is 3.45. The molecule has 0 N–H and O–H groups in total. The van der Waals surface area contributed by atoms with E-state index in [4.69, 9.17) is 9.47 Å². The summed E-state index contributed by atoms with van der Waals surface area (Å²) in [6, 6.07) is 19.6. The van der Waals surface area contributed by atoms with Gasteiger partial charge in [-0.3, -0.25) is 4.79 Å². The molecule has 0 fully saturated rings. The molecule has 0 amide bonds. The van der Waals surface area contributed by atoms with Gasteiger partial charge in [-0.25, -0.2) is 4.79 Å². The molecular weight excluding hydrogens is 424 g/mol. The Balaban J connectivity index is 1.76. The van der Waals surface area contributed by atoms with Crippen molar-refractivity contribution < 1.29 is 19.1 Å². The Bertz CT molecular complexity index is 1240. The highest BCUT2D eigenvalue weighted by Gasteiger charge is 2.14. The summed E-state index contributed by atoms with van der Waals surface area (Å²) in [5.74, 6) is -0.187. The van der Waals surface area contributed by atoms with E-state index in [-0.39, 0.29) is 12.4 Å². The van der Waals surface area contributed by atoms with Crippen molar-refractivity contribution in [3.8, 4) is 5.75 Å². The first-order chi connectivity index (χ1) is 16.1. The third kappa shape index (κ3) is 7.73. The van der Waals surface area contributed by atoms with Gasteiger partial charge >= 0.3 is 11.9 Å². The number of hydrogen-bond donors (Lipinski definition) is 0. The molecule has 176 valence electrons. The van der Waals surface area contributed by atoms with Crippen LogP contribution in [0.3, 0.4) is 0 Å². The van der Waals surface area contributed by atoms with Crippen LogP contribution in [0.2, 0.25) is 0 Å². The van der Waals surface area contributed by atoms with Crippen LogP contribution in [-0.4, -0.2) is 17.5 Å². The van der Waals surface area contributed by atoms with Crippen LogP contribution in [0, 0.1) is 0 Å². The topological polar surface area (TPSA) is 52.6 Å². The Hall–Kier alpha value is -3.66. The molecule has 3 aromatic carbocycles. The number of carbonyl (C=O) groups excluding carboxylic acids is 2. The standard InChI is InChI=1S/C30H32O4/c1-21(2)10-14-26-18-22(13-17-28(31)34-30(3,4)5)12-16-27(26)33-29(32)20-23-11-15-24-8-6-7-9-25(24)19-23/h6-13,15-19H,14,20H2,1-5H3/b17-13+. The first-order valence-electron chi connectivity index (χ1n) is 11.4. The van der Waals surface area contributed by atoms with E-state index in [2.05, 4.69) is 6.08 Å². The van der Waals surface area contributed by atoms with Gasteiger partial charge in [-0.05, 0) is 86.7 Å². The van der Waals surface area contributed by atoms with Crippen molar-refractivity contribution in [1.82, 2.24) is 0 Å². The molecule has 4 nitrogen and oxygen atoms in total. The molecule has 0 aliphatic heterocycles. The summed E-state index contributed by atoms with van der Waals surface area (Å²) in [7, 11) is 0. The molecule has 0 aliphatic rings. The molecule has 3 rings (SSSR count). The monoisotopic (exact) mass is 456 g/mol.